The van der Waals surface area contributed by atoms with E-state index < -0.39 is 33.9 Å². The molecule has 0 radical (unpaired) electrons. The van der Waals surface area contributed by atoms with E-state index in [0.29, 0.717) is 12.1 Å². The summed E-state index contributed by atoms with van der Waals surface area (Å²) in [6, 6.07) is 11.8. The first-order valence-electron chi connectivity index (χ1n) is 9.39. The molecule has 1 saturated heterocycles. The van der Waals surface area contributed by atoms with E-state index in [1.54, 1.807) is 31.2 Å². The Morgan fingerprint density at radius 3 is 2.24 bits per heavy atom. The molecule has 1 aliphatic rings. The van der Waals surface area contributed by atoms with Crippen molar-refractivity contribution in [1.29, 1.82) is 0 Å². The van der Waals surface area contributed by atoms with Crippen LogP contribution in [0, 0.1) is 6.92 Å². The fourth-order valence-electron chi connectivity index (χ4n) is 3.40. The summed E-state index contributed by atoms with van der Waals surface area (Å²) in [5, 5.41) is 0. The smallest absolute Gasteiger partial charge is 0.252 e. The number of hydrogen-bond donors (Lipinski definition) is 0. The molecule has 154 valence electrons. The number of carbonyl (C=O) groups is 2. The first-order valence-corrected chi connectivity index (χ1v) is 11.6. The van der Waals surface area contributed by atoms with E-state index in [-0.39, 0.29) is 11.3 Å². The average Bonchev–Trinajstić information content (AvgIpc) is 2.96. The lowest BCUT2D eigenvalue weighted by Gasteiger charge is -2.31. The minimum absolute atomic E-state index is 0.0926. The molecular weight excluding hydrogens is 456 g/mol. The van der Waals surface area contributed by atoms with Gasteiger partial charge in [-0.3, -0.25) is 9.59 Å². The number of halogens is 1. The van der Waals surface area contributed by atoms with Crippen LogP contribution >= 0.6 is 15.9 Å². The van der Waals surface area contributed by atoms with Crippen LogP contribution in [0.1, 0.15) is 32.3 Å². The van der Waals surface area contributed by atoms with Gasteiger partial charge < -0.3 is 0 Å². The highest BCUT2D eigenvalue weighted by atomic mass is 79.9. The summed E-state index contributed by atoms with van der Waals surface area (Å²) >= 11 is 3.30. The van der Waals surface area contributed by atoms with Crippen LogP contribution < -0.4 is 4.90 Å². The molecule has 8 heteroatoms. The van der Waals surface area contributed by atoms with Gasteiger partial charge in [0.15, 0.2) is 0 Å². The van der Waals surface area contributed by atoms with Crippen molar-refractivity contribution in [2.24, 2.45) is 0 Å². The van der Waals surface area contributed by atoms with Crippen molar-refractivity contribution in [2.75, 3.05) is 4.90 Å². The predicted octanol–water partition coefficient (Wildman–Crippen LogP) is 3.88. The van der Waals surface area contributed by atoms with Crippen molar-refractivity contribution >= 4 is 43.5 Å². The number of nitrogens with zero attached hydrogens (tertiary/aromatic N) is 2. The molecule has 0 N–H and O–H groups in total. The Balaban J connectivity index is 2.01. The zero-order valence-electron chi connectivity index (χ0n) is 16.5. The van der Waals surface area contributed by atoms with Gasteiger partial charge in [-0.1, -0.05) is 40.5 Å². The van der Waals surface area contributed by atoms with Crippen LogP contribution in [0.2, 0.25) is 0 Å². The molecule has 2 atom stereocenters. The molecule has 1 aliphatic heterocycles. The standard InChI is InChI=1S/C21H23BrN2O4S/c1-4-15(3)24(29(27,28)18-11-7-16(22)8-12-18)19-13-20(25)23(21(19)26)17-9-5-14(2)6-10-17/h5-12,15,19H,4,13H2,1-3H3. The molecule has 2 amide bonds. The van der Waals surface area contributed by atoms with E-state index in [0.717, 1.165) is 14.9 Å². The number of aryl methyl sites for hydroxylation is 1. The third-order valence-electron chi connectivity index (χ3n) is 5.14. The summed E-state index contributed by atoms with van der Waals surface area (Å²) < 4.78 is 28.8. The van der Waals surface area contributed by atoms with Crippen LogP contribution in [0.5, 0.6) is 0 Å². The van der Waals surface area contributed by atoms with Gasteiger partial charge in [-0.25, -0.2) is 13.3 Å². The lowest BCUT2D eigenvalue weighted by Crippen LogP contribution is -2.49. The first-order chi connectivity index (χ1) is 13.7. The Morgan fingerprint density at radius 2 is 1.69 bits per heavy atom. The number of amides is 2. The molecular formula is C21H23BrN2O4S. The lowest BCUT2D eigenvalue weighted by atomic mass is 10.2. The number of rotatable bonds is 6. The molecule has 6 nitrogen and oxygen atoms in total. The van der Waals surface area contributed by atoms with Crippen LogP contribution in [0.4, 0.5) is 5.69 Å². The Labute approximate surface area is 179 Å². The van der Waals surface area contributed by atoms with Crippen molar-refractivity contribution < 1.29 is 18.0 Å². The Hall–Kier alpha value is -2.03. The van der Waals surface area contributed by atoms with Gasteiger partial charge in [-0.15, -0.1) is 0 Å². The highest BCUT2D eigenvalue weighted by Gasteiger charge is 2.48. The molecule has 0 aromatic heterocycles. The maximum atomic E-state index is 13.4. The van der Waals surface area contributed by atoms with Gasteiger partial charge in [0.25, 0.3) is 5.91 Å². The van der Waals surface area contributed by atoms with Crippen LogP contribution in [0.25, 0.3) is 0 Å². The molecule has 0 saturated carbocycles. The van der Waals surface area contributed by atoms with Gasteiger partial charge in [0.2, 0.25) is 15.9 Å². The van der Waals surface area contributed by atoms with Crippen molar-refractivity contribution in [3.63, 3.8) is 0 Å². The van der Waals surface area contributed by atoms with Crippen LogP contribution in [0.15, 0.2) is 57.9 Å². The second kappa shape index (κ2) is 8.38. The molecule has 2 aromatic rings. The molecule has 3 rings (SSSR count). The van der Waals surface area contributed by atoms with E-state index in [2.05, 4.69) is 15.9 Å². The Morgan fingerprint density at radius 1 is 1.10 bits per heavy atom. The van der Waals surface area contributed by atoms with E-state index in [1.807, 2.05) is 26.0 Å². The van der Waals surface area contributed by atoms with Crippen LogP contribution in [-0.4, -0.2) is 36.6 Å². The molecule has 2 aromatic carbocycles. The third-order valence-corrected chi connectivity index (χ3v) is 7.70. The zero-order valence-corrected chi connectivity index (χ0v) is 18.9. The summed E-state index contributed by atoms with van der Waals surface area (Å²) in [7, 11) is -3.97. The lowest BCUT2D eigenvalue weighted by molar-refractivity contribution is -0.122. The highest BCUT2D eigenvalue weighted by Crippen LogP contribution is 2.31. The minimum atomic E-state index is -3.97. The maximum Gasteiger partial charge on any atom is 0.252 e. The van der Waals surface area contributed by atoms with Crippen molar-refractivity contribution in [2.45, 2.75) is 50.6 Å². The molecule has 2 unspecified atom stereocenters. The summed E-state index contributed by atoms with van der Waals surface area (Å²) in [6.07, 6.45) is 0.338. The second-order valence-corrected chi connectivity index (χ2v) is 9.93. The van der Waals surface area contributed by atoms with Crippen molar-refractivity contribution in [1.82, 2.24) is 4.31 Å². The van der Waals surface area contributed by atoms with E-state index in [1.165, 1.54) is 16.4 Å². The van der Waals surface area contributed by atoms with Gasteiger partial charge in [-0.2, -0.15) is 4.31 Å². The highest BCUT2D eigenvalue weighted by molar-refractivity contribution is 9.10. The van der Waals surface area contributed by atoms with Gasteiger partial charge in [0.05, 0.1) is 17.0 Å². The van der Waals surface area contributed by atoms with Crippen molar-refractivity contribution in [3.05, 3.63) is 58.6 Å². The Kier molecular flexibility index (Phi) is 6.26. The summed E-state index contributed by atoms with van der Waals surface area (Å²) in [5.41, 5.74) is 1.46. The number of sulfonamides is 1. The van der Waals surface area contributed by atoms with Crippen LogP contribution in [0.3, 0.4) is 0 Å². The SMILES string of the molecule is CCC(C)N(C1CC(=O)N(c2ccc(C)cc2)C1=O)S(=O)(=O)c1ccc(Br)cc1. The molecule has 29 heavy (non-hydrogen) atoms. The number of carbonyl (C=O) groups excluding carboxylic acids is 2. The van der Waals surface area contributed by atoms with Gasteiger partial charge in [0.1, 0.15) is 6.04 Å². The third kappa shape index (κ3) is 4.15. The number of anilines is 1. The van der Waals surface area contributed by atoms with Gasteiger partial charge >= 0.3 is 0 Å². The van der Waals surface area contributed by atoms with Crippen LogP contribution in [-0.2, 0) is 19.6 Å². The quantitative estimate of drug-likeness (QED) is 0.590. The minimum Gasteiger partial charge on any atom is -0.274 e. The average molecular weight is 479 g/mol. The summed E-state index contributed by atoms with van der Waals surface area (Å²) in [6.45, 7) is 5.52. The number of hydrogen-bond acceptors (Lipinski definition) is 4. The molecule has 1 fully saturated rings. The first kappa shape index (κ1) is 21.7. The topological polar surface area (TPSA) is 74.8 Å². The molecule has 1 heterocycles. The summed E-state index contributed by atoms with van der Waals surface area (Å²) in [5.74, 6) is -0.914. The normalized spacial score (nSPS) is 18.5. The molecule has 0 bridgehead atoms. The fraction of sp³-hybridized carbons (Fsp3) is 0.333. The van der Waals surface area contributed by atoms with Crippen molar-refractivity contribution in [3.8, 4) is 0 Å². The number of benzene rings is 2. The maximum absolute atomic E-state index is 13.4. The summed E-state index contributed by atoms with van der Waals surface area (Å²) in [4.78, 5) is 27.1. The zero-order chi connectivity index (χ0) is 21.3. The van der Waals surface area contributed by atoms with E-state index in [9.17, 15) is 18.0 Å². The number of imide groups is 1. The molecule has 0 aliphatic carbocycles. The van der Waals surface area contributed by atoms with Gasteiger partial charge in [0, 0.05) is 10.5 Å². The molecule has 0 spiro atoms. The van der Waals surface area contributed by atoms with E-state index >= 15 is 0 Å². The second-order valence-electron chi connectivity index (χ2n) is 7.17. The van der Waals surface area contributed by atoms with E-state index in [4.69, 9.17) is 0 Å². The monoisotopic (exact) mass is 478 g/mol. The largest absolute Gasteiger partial charge is 0.274 e. The fourth-order valence-corrected chi connectivity index (χ4v) is 5.51. The Bertz CT molecular complexity index is 1020. The van der Waals surface area contributed by atoms with Gasteiger partial charge in [-0.05, 0) is 56.7 Å². The predicted molar refractivity (Wildman–Crippen MR) is 115 cm³/mol.